The molecule has 0 fully saturated rings. The molecule has 34 heavy (non-hydrogen) atoms. The van der Waals surface area contributed by atoms with Crippen LogP contribution in [-0.2, 0) is 0 Å². The fourth-order valence-corrected chi connectivity index (χ4v) is 4.28. The van der Waals surface area contributed by atoms with Gasteiger partial charge in [-0.25, -0.2) is 14.6 Å². The van der Waals surface area contributed by atoms with Crippen molar-refractivity contribution in [2.45, 2.75) is 13.8 Å². The van der Waals surface area contributed by atoms with Crippen molar-refractivity contribution in [3.05, 3.63) is 82.7 Å². The fraction of sp³-hybridized carbons (Fsp3) is 0.148. The van der Waals surface area contributed by atoms with Gasteiger partial charge in [-0.05, 0) is 61.4 Å². The number of hydrogen-bond donors (Lipinski definition) is 2. The van der Waals surface area contributed by atoms with E-state index in [2.05, 4.69) is 28.7 Å². The smallest absolute Gasteiger partial charge is 0.347 e. The van der Waals surface area contributed by atoms with Crippen molar-refractivity contribution >= 4 is 33.7 Å². The van der Waals surface area contributed by atoms with Crippen molar-refractivity contribution in [1.82, 2.24) is 9.97 Å². The normalized spacial score (nSPS) is 11.2. The maximum absolute atomic E-state index is 12.8. The molecule has 170 valence electrons. The van der Waals surface area contributed by atoms with E-state index in [-0.39, 0.29) is 5.56 Å². The van der Waals surface area contributed by atoms with Crippen LogP contribution in [0.1, 0.15) is 24.2 Å². The Bertz CT molecular complexity index is 1600. The highest BCUT2D eigenvalue weighted by Gasteiger charge is 2.15. The quantitative estimate of drug-likeness (QED) is 0.327. The van der Waals surface area contributed by atoms with Gasteiger partial charge in [0.1, 0.15) is 17.0 Å². The van der Waals surface area contributed by atoms with Crippen LogP contribution < -0.4 is 10.5 Å². The molecule has 0 aliphatic heterocycles. The molecular formula is C27H23N3O4. The first-order valence-electron chi connectivity index (χ1n) is 11.1. The second-order valence-electron chi connectivity index (χ2n) is 8.01. The summed E-state index contributed by atoms with van der Waals surface area (Å²) >= 11 is 0. The van der Waals surface area contributed by atoms with E-state index in [1.54, 1.807) is 30.3 Å². The van der Waals surface area contributed by atoms with Crippen LogP contribution in [0.2, 0.25) is 0 Å². The highest BCUT2D eigenvalue weighted by atomic mass is 16.4. The number of H-pyrrole nitrogens is 1. The zero-order valence-electron chi connectivity index (χ0n) is 18.8. The van der Waals surface area contributed by atoms with Crippen molar-refractivity contribution < 1.29 is 14.3 Å². The summed E-state index contributed by atoms with van der Waals surface area (Å²) in [7, 11) is 0. The minimum atomic E-state index is -0.987. The Labute approximate surface area is 195 Å². The molecule has 0 aliphatic rings. The highest BCUT2D eigenvalue weighted by molar-refractivity contribution is 5.97. The van der Waals surface area contributed by atoms with E-state index in [1.807, 2.05) is 36.4 Å². The van der Waals surface area contributed by atoms with Crippen molar-refractivity contribution in [3.8, 4) is 22.5 Å². The van der Waals surface area contributed by atoms with Gasteiger partial charge in [0.25, 0.3) is 0 Å². The summed E-state index contributed by atoms with van der Waals surface area (Å²) in [6.45, 7) is 5.89. The molecule has 0 atom stereocenters. The number of imidazole rings is 1. The van der Waals surface area contributed by atoms with Gasteiger partial charge in [-0.3, -0.25) is 0 Å². The van der Waals surface area contributed by atoms with Gasteiger partial charge in [-0.1, -0.05) is 24.3 Å². The predicted octanol–water partition coefficient (Wildman–Crippen LogP) is 5.55. The Morgan fingerprint density at radius 2 is 1.79 bits per heavy atom. The van der Waals surface area contributed by atoms with E-state index < -0.39 is 11.6 Å². The van der Waals surface area contributed by atoms with Gasteiger partial charge in [0.05, 0.1) is 16.6 Å². The topological polar surface area (TPSA) is 99.4 Å². The molecule has 2 aromatic heterocycles. The molecule has 7 nitrogen and oxygen atoms in total. The number of carbonyl (C=O) groups is 1. The van der Waals surface area contributed by atoms with E-state index in [4.69, 9.17) is 4.42 Å². The summed E-state index contributed by atoms with van der Waals surface area (Å²) in [6, 6.07) is 20.0. The van der Waals surface area contributed by atoms with Gasteiger partial charge in [-0.15, -0.1) is 0 Å². The molecule has 7 heteroatoms. The summed E-state index contributed by atoms with van der Waals surface area (Å²) in [6.07, 6.45) is 0. The lowest BCUT2D eigenvalue weighted by Crippen LogP contribution is -2.21. The molecule has 0 saturated carbocycles. The molecule has 2 heterocycles. The maximum Gasteiger partial charge on any atom is 0.347 e. The molecule has 0 saturated heterocycles. The zero-order chi connectivity index (χ0) is 23.8. The average Bonchev–Trinajstić information content (AvgIpc) is 3.27. The second kappa shape index (κ2) is 8.51. The van der Waals surface area contributed by atoms with Crippen LogP contribution in [0, 0.1) is 0 Å². The summed E-state index contributed by atoms with van der Waals surface area (Å²) < 4.78 is 5.65. The van der Waals surface area contributed by atoms with Crippen LogP contribution in [0.5, 0.6) is 0 Å². The molecule has 3 aromatic carbocycles. The minimum Gasteiger partial charge on any atom is -0.478 e. The monoisotopic (exact) mass is 453 g/mol. The first-order chi connectivity index (χ1) is 16.5. The van der Waals surface area contributed by atoms with Gasteiger partial charge in [0.15, 0.2) is 0 Å². The van der Waals surface area contributed by atoms with E-state index in [1.165, 1.54) is 0 Å². The van der Waals surface area contributed by atoms with Crippen LogP contribution in [0.3, 0.4) is 0 Å². The van der Waals surface area contributed by atoms with Crippen LogP contribution in [0.25, 0.3) is 44.5 Å². The number of benzene rings is 3. The zero-order valence-corrected chi connectivity index (χ0v) is 18.8. The average molecular weight is 453 g/mol. The standard InChI is InChI=1S/C27H23N3O4/c1-3-30(4-2)18-11-9-17-13-21(27(33)34-24(17)15-18)25-28-22-12-10-16(14-23(22)29-25)19-7-5-6-8-20(19)26(31)32/h5-15H,3-4H2,1-2H3,(H,28,29)(H,31,32). The minimum absolute atomic E-state index is 0.223. The van der Waals surface area contributed by atoms with Crippen LogP contribution in [0.15, 0.2) is 75.9 Å². The molecule has 0 spiro atoms. The van der Waals surface area contributed by atoms with Gasteiger partial charge in [-0.2, -0.15) is 0 Å². The number of nitrogens with one attached hydrogen (secondary N) is 1. The van der Waals surface area contributed by atoms with E-state index in [9.17, 15) is 14.7 Å². The summed E-state index contributed by atoms with van der Waals surface area (Å²) in [5.41, 5.74) is 4.35. The number of carboxylic acid groups (broad SMARTS) is 1. The predicted molar refractivity (Wildman–Crippen MR) is 134 cm³/mol. The Morgan fingerprint density at radius 1 is 1.00 bits per heavy atom. The van der Waals surface area contributed by atoms with Crippen molar-refractivity contribution in [1.29, 1.82) is 0 Å². The molecule has 5 aromatic rings. The SMILES string of the molecule is CCN(CC)c1ccc2cc(-c3nc4ccc(-c5ccccc5C(=O)O)cc4[nH]3)c(=O)oc2c1. The number of aromatic nitrogens is 2. The molecule has 0 amide bonds. The van der Waals surface area contributed by atoms with Gasteiger partial charge in [0.2, 0.25) is 0 Å². The van der Waals surface area contributed by atoms with Crippen molar-refractivity contribution in [3.63, 3.8) is 0 Å². The molecule has 0 unspecified atom stereocenters. The first-order valence-corrected chi connectivity index (χ1v) is 11.1. The molecular weight excluding hydrogens is 430 g/mol. The van der Waals surface area contributed by atoms with Gasteiger partial charge >= 0.3 is 11.6 Å². The first kappa shape index (κ1) is 21.5. The van der Waals surface area contributed by atoms with Gasteiger partial charge < -0.3 is 19.4 Å². The number of hydrogen-bond acceptors (Lipinski definition) is 5. The molecule has 2 N–H and O–H groups in total. The molecule has 5 rings (SSSR count). The van der Waals surface area contributed by atoms with Crippen LogP contribution in [-0.4, -0.2) is 34.1 Å². The van der Waals surface area contributed by atoms with E-state index in [0.717, 1.165) is 29.7 Å². The lowest BCUT2D eigenvalue weighted by atomic mass is 9.99. The van der Waals surface area contributed by atoms with E-state index >= 15 is 0 Å². The molecule has 0 radical (unpaired) electrons. The third kappa shape index (κ3) is 3.71. The van der Waals surface area contributed by atoms with Gasteiger partial charge in [0, 0.05) is 30.2 Å². The summed E-state index contributed by atoms with van der Waals surface area (Å²) in [5, 5.41) is 10.3. The number of aromatic amines is 1. The largest absolute Gasteiger partial charge is 0.478 e. The Hall–Kier alpha value is -4.39. The Morgan fingerprint density at radius 3 is 2.56 bits per heavy atom. The fourth-order valence-electron chi connectivity index (χ4n) is 4.28. The lowest BCUT2D eigenvalue weighted by Gasteiger charge is -2.20. The highest BCUT2D eigenvalue weighted by Crippen LogP contribution is 2.29. The Kier molecular flexibility index (Phi) is 5.37. The molecule has 0 aliphatic carbocycles. The number of nitrogens with zero attached hydrogens (tertiary/aromatic N) is 2. The van der Waals surface area contributed by atoms with Crippen molar-refractivity contribution in [2.24, 2.45) is 0 Å². The number of fused-ring (bicyclic) bond motifs is 2. The number of anilines is 1. The number of carboxylic acids is 1. The van der Waals surface area contributed by atoms with Crippen LogP contribution in [0.4, 0.5) is 5.69 Å². The Balaban J connectivity index is 1.57. The maximum atomic E-state index is 12.8. The summed E-state index contributed by atoms with van der Waals surface area (Å²) in [5.74, 6) is -0.582. The summed E-state index contributed by atoms with van der Waals surface area (Å²) in [4.78, 5) is 34.4. The molecule has 0 bridgehead atoms. The third-order valence-electron chi connectivity index (χ3n) is 6.05. The van der Waals surface area contributed by atoms with E-state index in [0.29, 0.717) is 33.6 Å². The number of rotatable bonds is 6. The number of aromatic carboxylic acids is 1. The second-order valence-corrected chi connectivity index (χ2v) is 8.01. The van der Waals surface area contributed by atoms with Crippen LogP contribution >= 0.6 is 0 Å². The van der Waals surface area contributed by atoms with Crippen molar-refractivity contribution in [2.75, 3.05) is 18.0 Å². The third-order valence-corrected chi connectivity index (χ3v) is 6.05. The lowest BCUT2D eigenvalue weighted by molar-refractivity contribution is 0.0697.